The van der Waals surface area contributed by atoms with Crippen molar-refractivity contribution in [3.8, 4) is 5.75 Å². The first-order valence-corrected chi connectivity index (χ1v) is 6.99. The van der Waals surface area contributed by atoms with E-state index in [1.807, 2.05) is 16.8 Å². The van der Waals surface area contributed by atoms with Crippen molar-refractivity contribution in [1.82, 2.24) is 14.8 Å². The standard InChI is InChI=1S/C14H19ClN4O/c1-3-6-19-14(17-9-18-19)8-12(16)11-7-10(15)4-5-13(11)20-2/h4-5,7,9,12H,3,6,8,16H2,1-2H3. The molecule has 1 aromatic heterocycles. The summed E-state index contributed by atoms with van der Waals surface area (Å²) in [6.45, 7) is 2.94. The van der Waals surface area contributed by atoms with Crippen LogP contribution >= 0.6 is 11.6 Å². The molecular weight excluding hydrogens is 276 g/mol. The highest BCUT2D eigenvalue weighted by atomic mass is 35.5. The number of methoxy groups -OCH3 is 1. The summed E-state index contributed by atoms with van der Waals surface area (Å²) in [5.74, 6) is 1.62. The number of nitrogens with two attached hydrogens (primary N) is 1. The molecule has 1 aromatic carbocycles. The molecule has 2 aromatic rings. The van der Waals surface area contributed by atoms with Crippen molar-refractivity contribution in [2.75, 3.05) is 7.11 Å². The van der Waals surface area contributed by atoms with Crippen LogP contribution in [-0.2, 0) is 13.0 Å². The highest BCUT2D eigenvalue weighted by molar-refractivity contribution is 6.30. The van der Waals surface area contributed by atoms with E-state index in [-0.39, 0.29) is 6.04 Å². The lowest BCUT2D eigenvalue weighted by molar-refractivity contribution is 0.404. The number of aromatic nitrogens is 3. The van der Waals surface area contributed by atoms with Gasteiger partial charge in [-0.1, -0.05) is 18.5 Å². The summed E-state index contributed by atoms with van der Waals surface area (Å²) in [5, 5.41) is 4.85. The lowest BCUT2D eigenvalue weighted by atomic mass is 10.0. The van der Waals surface area contributed by atoms with Gasteiger partial charge in [0, 0.05) is 29.6 Å². The molecular formula is C14H19ClN4O. The maximum Gasteiger partial charge on any atom is 0.138 e. The van der Waals surface area contributed by atoms with Crippen LogP contribution in [0.15, 0.2) is 24.5 Å². The third-order valence-corrected chi connectivity index (χ3v) is 3.36. The van der Waals surface area contributed by atoms with Crippen molar-refractivity contribution in [3.05, 3.63) is 40.9 Å². The van der Waals surface area contributed by atoms with Gasteiger partial charge in [0.05, 0.1) is 7.11 Å². The number of benzene rings is 1. The summed E-state index contributed by atoms with van der Waals surface area (Å²) in [5.41, 5.74) is 7.16. The molecule has 0 spiro atoms. The summed E-state index contributed by atoms with van der Waals surface area (Å²) < 4.78 is 7.22. The Balaban J connectivity index is 2.21. The van der Waals surface area contributed by atoms with Gasteiger partial charge in [-0.3, -0.25) is 4.68 Å². The molecule has 0 aliphatic carbocycles. The van der Waals surface area contributed by atoms with Crippen LogP contribution in [0, 0.1) is 0 Å². The fourth-order valence-corrected chi connectivity index (χ4v) is 2.33. The Kier molecular flexibility index (Phi) is 4.98. The molecule has 20 heavy (non-hydrogen) atoms. The molecule has 0 radical (unpaired) electrons. The molecule has 0 aliphatic heterocycles. The lowest BCUT2D eigenvalue weighted by Crippen LogP contribution is -2.18. The predicted octanol–water partition coefficient (Wildman–Crippen LogP) is 2.59. The van der Waals surface area contributed by atoms with E-state index in [9.17, 15) is 0 Å². The number of halogens is 1. The molecule has 0 aliphatic rings. The van der Waals surface area contributed by atoms with E-state index in [2.05, 4.69) is 17.0 Å². The van der Waals surface area contributed by atoms with E-state index in [1.165, 1.54) is 0 Å². The molecule has 2 rings (SSSR count). The molecule has 0 bridgehead atoms. The van der Waals surface area contributed by atoms with Gasteiger partial charge < -0.3 is 10.5 Å². The first kappa shape index (κ1) is 14.8. The Bertz CT molecular complexity index is 570. The molecule has 2 N–H and O–H groups in total. The van der Waals surface area contributed by atoms with Gasteiger partial charge in [-0.2, -0.15) is 5.10 Å². The van der Waals surface area contributed by atoms with Gasteiger partial charge >= 0.3 is 0 Å². The SMILES string of the molecule is CCCn1ncnc1CC(N)c1cc(Cl)ccc1OC. The molecule has 0 fully saturated rings. The van der Waals surface area contributed by atoms with Gasteiger partial charge in [0.15, 0.2) is 0 Å². The highest BCUT2D eigenvalue weighted by Gasteiger charge is 2.16. The van der Waals surface area contributed by atoms with Crippen molar-refractivity contribution < 1.29 is 4.74 Å². The molecule has 1 atom stereocenters. The fraction of sp³-hybridized carbons (Fsp3) is 0.429. The second-order valence-corrected chi connectivity index (χ2v) is 5.03. The van der Waals surface area contributed by atoms with Gasteiger partial charge in [-0.15, -0.1) is 0 Å². The Hall–Kier alpha value is -1.59. The molecule has 0 amide bonds. The van der Waals surface area contributed by atoms with E-state index >= 15 is 0 Å². The third kappa shape index (κ3) is 3.29. The molecule has 1 unspecified atom stereocenters. The largest absolute Gasteiger partial charge is 0.496 e. The first-order valence-electron chi connectivity index (χ1n) is 6.61. The zero-order valence-corrected chi connectivity index (χ0v) is 12.5. The number of rotatable bonds is 6. The van der Waals surface area contributed by atoms with Crippen LogP contribution in [-0.4, -0.2) is 21.9 Å². The Labute approximate surface area is 123 Å². The smallest absolute Gasteiger partial charge is 0.138 e. The van der Waals surface area contributed by atoms with Crippen LogP contribution in [0.25, 0.3) is 0 Å². The molecule has 0 saturated carbocycles. The van der Waals surface area contributed by atoms with Gasteiger partial charge in [0.1, 0.15) is 17.9 Å². The van der Waals surface area contributed by atoms with Gasteiger partial charge in [-0.25, -0.2) is 4.98 Å². The summed E-state index contributed by atoms with van der Waals surface area (Å²) in [7, 11) is 1.62. The van der Waals surface area contributed by atoms with Crippen LogP contribution in [0.3, 0.4) is 0 Å². The molecule has 0 saturated heterocycles. The minimum Gasteiger partial charge on any atom is -0.496 e. The Morgan fingerprint density at radius 2 is 2.25 bits per heavy atom. The van der Waals surface area contributed by atoms with Gasteiger partial charge in [0.25, 0.3) is 0 Å². The fourth-order valence-electron chi connectivity index (χ4n) is 2.15. The topological polar surface area (TPSA) is 66.0 Å². The minimum absolute atomic E-state index is 0.233. The Morgan fingerprint density at radius 1 is 1.45 bits per heavy atom. The molecule has 5 nitrogen and oxygen atoms in total. The Morgan fingerprint density at radius 3 is 2.95 bits per heavy atom. The van der Waals surface area contributed by atoms with E-state index in [0.717, 1.165) is 30.1 Å². The number of hydrogen-bond acceptors (Lipinski definition) is 4. The van der Waals surface area contributed by atoms with Crippen molar-refractivity contribution in [2.45, 2.75) is 32.4 Å². The van der Waals surface area contributed by atoms with Crippen molar-refractivity contribution in [2.24, 2.45) is 5.73 Å². The van der Waals surface area contributed by atoms with Crippen LogP contribution in [0.4, 0.5) is 0 Å². The lowest BCUT2D eigenvalue weighted by Gasteiger charge is -2.16. The summed E-state index contributed by atoms with van der Waals surface area (Å²) in [4.78, 5) is 4.28. The molecule has 6 heteroatoms. The summed E-state index contributed by atoms with van der Waals surface area (Å²) in [6, 6.07) is 5.22. The van der Waals surface area contributed by atoms with Gasteiger partial charge in [0.2, 0.25) is 0 Å². The minimum atomic E-state index is -0.233. The van der Waals surface area contributed by atoms with Gasteiger partial charge in [-0.05, 0) is 24.6 Å². The maximum atomic E-state index is 6.28. The molecule has 1 heterocycles. The zero-order chi connectivity index (χ0) is 14.5. The predicted molar refractivity (Wildman–Crippen MR) is 78.9 cm³/mol. The van der Waals surface area contributed by atoms with E-state index < -0.39 is 0 Å². The zero-order valence-electron chi connectivity index (χ0n) is 11.7. The number of hydrogen-bond donors (Lipinski definition) is 1. The third-order valence-electron chi connectivity index (χ3n) is 3.12. The summed E-state index contributed by atoms with van der Waals surface area (Å²) in [6.07, 6.45) is 3.16. The maximum absolute atomic E-state index is 6.28. The van der Waals surface area contributed by atoms with Crippen molar-refractivity contribution in [1.29, 1.82) is 0 Å². The number of nitrogens with zero attached hydrogens (tertiary/aromatic N) is 3. The van der Waals surface area contributed by atoms with Crippen LogP contribution in [0.2, 0.25) is 5.02 Å². The van der Waals surface area contributed by atoms with Crippen LogP contribution in [0.1, 0.15) is 30.8 Å². The first-order chi connectivity index (χ1) is 9.65. The highest BCUT2D eigenvalue weighted by Crippen LogP contribution is 2.28. The van der Waals surface area contributed by atoms with E-state index in [0.29, 0.717) is 11.4 Å². The second kappa shape index (κ2) is 6.72. The normalized spacial score (nSPS) is 12.4. The van der Waals surface area contributed by atoms with E-state index in [1.54, 1.807) is 19.5 Å². The van der Waals surface area contributed by atoms with Crippen LogP contribution in [0.5, 0.6) is 5.75 Å². The molecule has 108 valence electrons. The second-order valence-electron chi connectivity index (χ2n) is 4.60. The average Bonchev–Trinajstić information content (AvgIpc) is 2.86. The van der Waals surface area contributed by atoms with Crippen molar-refractivity contribution in [3.63, 3.8) is 0 Å². The number of aryl methyl sites for hydroxylation is 1. The monoisotopic (exact) mass is 294 g/mol. The number of ether oxygens (including phenoxy) is 1. The van der Waals surface area contributed by atoms with Crippen molar-refractivity contribution >= 4 is 11.6 Å². The summed E-state index contributed by atoms with van der Waals surface area (Å²) >= 11 is 6.04. The van der Waals surface area contributed by atoms with E-state index in [4.69, 9.17) is 22.1 Å². The van der Waals surface area contributed by atoms with Crippen LogP contribution < -0.4 is 10.5 Å². The quantitative estimate of drug-likeness (QED) is 0.889. The average molecular weight is 295 g/mol.